The fourth-order valence-corrected chi connectivity index (χ4v) is 5.64. The molecular weight excluding hydrogens is 418 g/mol. The molecule has 0 aliphatic rings. The van der Waals surface area contributed by atoms with Crippen LogP contribution in [0.1, 0.15) is 169 Å². The number of quaternary nitrogens is 1. The third-order valence-electron chi connectivity index (χ3n) is 7.90. The van der Waals surface area contributed by atoms with Gasteiger partial charge in [-0.15, -0.1) is 0 Å². The van der Waals surface area contributed by atoms with Gasteiger partial charge in [0.1, 0.15) is 0 Å². The minimum atomic E-state index is -0.527. The Morgan fingerprint density at radius 1 is 0.500 bits per heavy atom. The first-order valence-electron chi connectivity index (χ1n) is 15.7. The minimum Gasteiger partial charge on any atom is -0.477 e. The molecular formula is C31H64NO2+. The zero-order chi connectivity index (χ0) is 25.3. The molecule has 0 aliphatic heterocycles. The van der Waals surface area contributed by atoms with Crippen molar-refractivity contribution in [3.63, 3.8) is 0 Å². The first-order valence-corrected chi connectivity index (χ1v) is 15.7. The predicted molar refractivity (Wildman–Crippen MR) is 151 cm³/mol. The maximum atomic E-state index is 12.7. The van der Waals surface area contributed by atoms with Crippen LogP contribution in [0.15, 0.2) is 0 Å². The summed E-state index contributed by atoms with van der Waals surface area (Å²) in [6, 6.07) is -0.200. The number of rotatable bonds is 27. The Morgan fingerprint density at radius 3 is 1.12 bits per heavy atom. The van der Waals surface area contributed by atoms with Gasteiger partial charge in [-0.1, -0.05) is 118 Å². The van der Waals surface area contributed by atoms with E-state index in [1.165, 1.54) is 128 Å². The van der Waals surface area contributed by atoms with Gasteiger partial charge in [-0.3, -0.25) is 0 Å². The van der Waals surface area contributed by atoms with Gasteiger partial charge < -0.3 is 9.59 Å². The van der Waals surface area contributed by atoms with Crippen LogP contribution in [-0.4, -0.2) is 41.2 Å². The van der Waals surface area contributed by atoms with E-state index in [9.17, 15) is 9.90 Å². The van der Waals surface area contributed by atoms with Crippen LogP contribution in [0, 0.1) is 0 Å². The molecule has 0 fully saturated rings. The molecule has 0 bridgehead atoms. The summed E-state index contributed by atoms with van der Waals surface area (Å²) in [5, 5.41) is 10.4. The second-order valence-electron chi connectivity index (χ2n) is 11.0. The number of unbranched alkanes of at least 4 members (excludes halogenated alkanes) is 17. The molecule has 204 valence electrons. The predicted octanol–water partition coefficient (Wildman–Crippen LogP) is 9.92. The van der Waals surface area contributed by atoms with E-state index in [0.717, 1.165) is 37.0 Å². The SMILES string of the molecule is CCCCCCCCCCCC(C(=O)O)[N+](CCCCCC)(CCCCCC)CCCCCC. The normalized spacial score (nSPS) is 12.8. The Morgan fingerprint density at radius 2 is 0.794 bits per heavy atom. The van der Waals surface area contributed by atoms with E-state index in [1.54, 1.807) is 0 Å². The Labute approximate surface area is 215 Å². The molecule has 0 aromatic heterocycles. The smallest absolute Gasteiger partial charge is 0.362 e. The molecule has 0 aromatic carbocycles. The molecule has 1 unspecified atom stereocenters. The lowest BCUT2D eigenvalue weighted by molar-refractivity contribution is -0.944. The molecule has 0 spiro atoms. The lowest BCUT2D eigenvalue weighted by Gasteiger charge is -2.44. The van der Waals surface area contributed by atoms with E-state index in [1.807, 2.05) is 0 Å². The number of hydrogen-bond acceptors (Lipinski definition) is 1. The van der Waals surface area contributed by atoms with Crippen molar-refractivity contribution in [1.29, 1.82) is 0 Å². The number of nitrogens with zero attached hydrogens (tertiary/aromatic N) is 1. The highest BCUT2D eigenvalue weighted by atomic mass is 16.4. The van der Waals surface area contributed by atoms with Crippen LogP contribution in [0.3, 0.4) is 0 Å². The Bertz CT molecular complexity index is 406. The third kappa shape index (κ3) is 17.0. The summed E-state index contributed by atoms with van der Waals surface area (Å²) in [5.74, 6) is -0.527. The highest BCUT2D eigenvalue weighted by Gasteiger charge is 2.40. The summed E-state index contributed by atoms with van der Waals surface area (Å²) in [6.45, 7) is 12.3. The molecule has 0 aromatic rings. The van der Waals surface area contributed by atoms with Crippen molar-refractivity contribution in [3.8, 4) is 0 Å². The summed E-state index contributed by atoms with van der Waals surface area (Å²) >= 11 is 0. The first-order chi connectivity index (χ1) is 16.6. The van der Waals surface area contributed by atoms with Crippen LogP contribution < -0.4 is 0 Å². The van der Waals surface area contributed by atoms with E-state index in [-0.39, 0.29) is 6.04 Å². The lowest BCUT2D eigenvalue weighted by Crippen LogP contribution is -2.60. The molecule has 3 heteroatoms. The Kier molecular flexibility index (Phi) is 23.7. The zero-order valence-electron chi connectivity index (χ0n) is 24.1. The van der Waals surface area contributed by atoms with Crippen LogP contribution in [-0.2, 0) is 4.79 Å². The van der Waals surface area contributed by atoms with Gasteiger partial charge in [0, 0.05) is 6.42 Å². The van der Waals surface area contributed by atoms with E-state index in [0.29, 0.717) is 0 Å². The fourth-order valence-electron chi connectivity index (χ4n) is 5.64. The van der Waals surface area contributed by atoms with Crippen LogP contribution >= 0.6 is 0 Å². The summed E-state index contributed by atoms with van der Waals surface area (Å²) in [7, 11) is 0. The van der Waals surface area contributed by atoms with Gasteiger partial charge in [-0.05, 0) is 44.9 Å². The average molecular weight is 483 g/mol. The van der Waals surface area contributed by atoms with Gasteiger partial charge in [0.05, 0.1) is 19.6 Å². The van der Waals surface area contributed by atoms with E-state index < -0.39 is 5.97 Å². The van der Waals surface area contributed by atoms with Crippen LogP contribution in [0.4, 0.5) is 0 Å². The molecule has 0 saturated heterocycles. The molecule has 0 amide bonds. The number of hydrogen-bond donors (Lipinski definition) is 1. The quantitative estimate of drug-likeness (QED) is 0.0934. The van der Waals surface area contributed by atoms with Crippen LogP contribution in [0.2, 0.25) is 0 Å². The molecule has 34 heavy (non-hydrogen) atoms. The number of carboxylic acids is 1. The van der Waals surface area contributed by atoms with Crippen molar-refractivity contribution in [1.82, 2.24) is 0 Å². The van der Waals surface area contributed by atoms with Crippen molar-refractivity contribution in [2.24, 2.45) is 0 Å². The van der Waals surface area contributed by atoms with Crippen LogP contribution in [0.25, 0.3) is 0 Å². The summed E-state index contributed by atoms with van der Waals surface area (Å²) < 4.78 is 0.865. The van der Waals surface area contributed by atoms with Crippen molar-refractivity contribution < 1.29 is 14.4 Å². The maximum absolute atomic E-state index is 12.7. The summed E-state index contributed by atoms with van der Waals surface area (Å²) in [6.07, 6.45) is 27.5. The zero-order valence-corrected chi connectivity index (χ0v) is 24.1. The first kappa shape index (κ1) is 33.4. The van der Waals surface area contributed by atoms with Gasteiger partial charge in [0.2, 0.25) is 0 Å². The Hall–Kier alpha value is -0.570. The maximum Gasteiger partial charge on any atom is 0.362 e. The van der Waals surface area contributed by atoms with Gasteiger partial charge in [0.15, 0.2) is 6.04 Å². The molecule has 1 atom stereocenters. The standard InChI is InChI=1S/C31H63NO2/c1-5-9-13-17-18-19-20-21-22-26-30(31(33)34)32(27-23-14-10-6-2,28-24-15-11-7-3)29-25-16-12-8-4/h30H,5-29H2,1-4H3/p+1. The van der Waals surface area contributed by atoms with E-state index in [4.69, 9.17) is 0 Å². The van der Waals surface area contributed by atoms with E-state index in [2.05, 4.69) is 27.7 Å². The highest BCUT2D eigenvalue weighted by molar-refractivity contribution is 5.72. The second-order valence-corrected chi connectivity index (χ2v) is 11.0. The van der Waals surface area contributed by atoms with Crippen molar-refractivity contribution >= 4 is 5.97 Å². The monoisotopic (exact) mass is 482 g/mol. The molecule has 0 rings (SSSR count). The topological polar surface area (TPSA) is 37.3 Å². The highest BCUT2D eigenvalue weighted by Crippen LogP contribution is 2.26. The molecule has 3 nitrogen and oxygen atoms in total. The van der Waals surface area contributed by atoms with Crippen molar-refractivity contribution in [2.45, 2.75) is 175 Å². The van der Waals surface area contributed by atoms with E-state index >= 15 is 0 Å². The number of aliphatic carboxylic acids is 1. The minimum absolute atomic E-state index is 0.200. The number of carboxylic acid groups (broad SMARTS) is 1. The summed E-state index contributed by atoms with van der Waals surface area (Å²) in [5.41, 5.74) is 0. The van der Waals surface area contributed by atoms with Gasteiger partial charge in [-0.25, -0.2) is 4.79 Å². The average Bonchev–Trinajstić information content (AvgIpc) is 2.83. The number of carbonyl (C=O) groups is 1. The van der Waals surface area contributed by atoms with Gasteiger partial charge in [0.25, 0.3) is 0 Å². The summed E-state index contributed by atoms with van der Waals surface area (Å²) in [4.78, 5) is 12.7. The fraction of sp³-hybridized carbons (Fsp3) is 0.968. The molecule has 0 radical (unpaired) electrons. The second kappa shape index (κ2) is 24.1. The van der Waals surface area contributed by atoms with Crippen molar-refractivity contribution in [3.05, 3.63) is 0 Å². The molecule has 0 heterocycles. The van der Waals surface area contributed by atoms with Crippen molar-refractivity contribution in [2.75, 3.05) is 19.6 Å². The van der Waals surface area contributed by atoms with Gasteiger partial charge >= 0.3 is 5.97 Å². The van der Waals surface area contributed by atoms with Crippen LogP contribution in [0.5, 0.6) is 0 Å². The molecule has 0 saturated carbocycles. The Balaban J connectivity index is 5.09. The lowest BCUT2D eigenvalue weighted by atomic mass is 9.98. The molecule has 1 N–H and O–H groups in total. The third-order valence-corrected chi connectivity index (χ3v) is 7.90. The molecule has 0 aliphatic carbocycles. The van der Waals surface area contributed by atoms with Gasteiger partial charge in [-0.2, -0.15) is 0 Å². The largest absolute Gasteiger partial charge is 0.477 e.